The van der Waals surface area contributed by atoms with Crippen LogP contribution >= 0.6 is 11.8 Å². The smallest absolute Gasteiger partial charge is 0.184 e. The maximum Gasteiger partial charge on any atom is 0.184 e. The average molecular weight is 196 g/mol. The Morgan fingerprint density at radius 2 is 2.23 bits per heavy atom. The molecule has 0 N–H and O–H groups in total. The number of hydrogen-bond acceptors (Lipinski definition) is 3. The molecular formula is C9H12N2OS. The van der Waals surface area contributed by atoms with E-state index in [9.17, 15) is 4.79 Å². The van der Waals surface area contributed by atoms with Crippen LogP contribution in [0, 0.1) is 0 Å². The van der Waals surface area contributed by atoms with E-state index >= 15 is 0 Å². The summed E-state index contributed by atoms with van der Waals surface area (Å²) in [4.78, 5) is 13.3. The van der Waals surface area contributed by atoms with Crippen LogP contribution in [0.25, 0.3) is 0 Å². The monoisotopic (exact) mass is 196 g/mol. The maximum absolute atomic E-state index is 11.3. The minimum Gasteiger partial charge on any atom is -0.364 e. The van der Waals surface area contributed by atoms with Gasteiger partial charge in [0, 0.05) is 38.5 Å². The van der Waals surface area contributed by atoms with Gasteiger partial charge in [-0.15, -0.1) is 11.8 Å². The van der Waals surface area contributed by atoms with E-state index in [0.717, 1.165) is 23.1 Å². The van der Waals surface area contributed by atoms with Gasteiger partial charge in [0.05, 0.1) is 5.03 Å². The molecule has 0 saturated carbocycles. The molecule has 0 bridgehead atoms. The van der Waals surface area contributed by atoms with Crippen molar-refractivity contribution in [1.82, 2.24) is 4.57 Å². The molecule has 1 aliphatic rings. The van der Waals surface area contributed by atoms with Crippen molar-refractivity contribution in [2.24, 2.45) is 0 Å². The van der Waals surface area contributed by atoms with E-state index in [1.165, 1.54) is 0 Å². The first-order valence-corrected chi connectivity index (χ1v) is 5.22. The topological polar surface area (TPSA) is 25.2 Å². The number of aromatic nitrogens is 1. The second kappa shape index (κ2) is 3.10. The first kappa shape index (κ1) is 8.69. The number of hydrogen-bond donors (Lipinski definition) is 0. The zero-order valence-corrected chi connectivity index (χ0v) is 8.60. The predicted molar refractivity (Wildman–Crippen MR) is 55.8 cm³/mol. The second-order valence-electron chi connectivity index (χ2n) is 3.28. The van der Waals surface area contributed by atoms with Crippen LogP contribution in [0.3, 0.4) is 0 Å². The van der Waals surface area contributed by atoms with Gasteiger partial charge in [0.25, 0.3) is 0 Å². The first-order valence-electron chi connectivity index (χ1n) is 4.23. The molecule has 2 heterocycles. The average Bonchev–Trinajstić information content (AvgIpc) is 2.49. The van der Waals surface area contributed by atoms with Crippen LogP contribution in [0.5, 0.6) is 0 Å². The van der Waals surface area contributed by atoms with Crippen molar-refractivity contribution in [1.29, 1.82) is 0 Å². The van der Waals surface area contributed by atoms with E-state index in [0.29, 0.717) is 0 Å². The number of pyridine rings is 1. The van der Waals surface area contributed by atoms with Gasteiger partial charge in [-0.25, -0.2) is 0 Å². The minimum absolute atomic E-state index is 0.101. The summed E-state index contributed by atoms with van der Waals surface area (Å²) in [6, 6.07) is 3.40. The van der Waals surface area contributed by atoms with Gasteiger partial charge in [-0.2, -0.15) is 0 Å². The van der Waals surface area contributed by atoms with Crippen LogP contribution in [0.4, 0.5) is 5.82 Å². The van der Waals surface area contributed by atoms with Crippen molar-refractivity contribution in [3.63, 3.8) is 0 Å². The molecule has 2 rings (SSSR count). The summed E-state index contributed by atoms with van der Waals surface area (Å²) in [5, 5.41) is 1.09. The summed E-state index contributed by atoms with van der Waals surface area (Å²) >= 11 is 1.75. The lowest BCUT2D eigenvalue weighted by molar-refractivity contribution is 0.709. The Balaban J connectivity index is 2.62. The van der Waals surface area contributed by atoms with Crippen molar-refractivity contribution in [3.8, 4) is 0 Å². The molecule has 1 aliphatic heterocycles. The normalized spacial score (nSPS) is 14.3. The van der Waals surface area contributed by atoms with Gasteiger partial charge in [0.2, 0.25) is 0 Å². The number of rotatable bonds is 1. The quantitative estimate of drug-likeness (QED) is 0.670. The van der Waals surface area contributed by atoms with Crippen LogP contribution in [-0.2, 0) is 6.54 Å². The fourth-order valence-corrected chi connectivity index (χ4v) is 2.54. The Morgan fingerprint density at radius 3 is 2.92 bits per heavy atom. The molecule has 0 amide bonds. The maximum atomic E-state index is 11.3. The van der Waals surface area contributed by atoms with E-state index in [2.05, 4.69) is 4.57 Å². The molecule has 4 heteroatoms. The van der Waals surface area contributed by atoms with Gasteiger partial charge in [0.15, 0.2) is 5.43 Å². The van der Waals surface area contributed by atoms with Crippen LogP contribution in [0.15, 0.2) is 22.0 Å². The van der Waals surface area contributed by atoms with Crippen LogP contribution in [-0.4, -0.2) is 24.4 Å². The Labute approximate surface area is 81.4 Å². The van der Waals surface area contributed by atoms with E-state index < -0.39 is 0 Å². The van der Waals surface area contributed by atoms with Crippen molar-refractivity contribution in [3.05, 3.63) is 22.4 Å². The first-order chi connectivity index (χ1) is 6.18. The van der Waals surface area contributed by atoms with Crippen LogP contribution < -0.4 is 10.3 Å². The lowest BCUT2D eigenvalue weighted by atomic mass is 10.4. The summed E-state index contributed by atoms with van der Waals surface area (Å²) in [6.07, 6.45) is 0. The highest BCUT2D eigenvalue weighted by Gasteiger charge is 2.14. The van der Waals surface area contributed by atoms with Crippen molar-refractivity contribution < 1.29 is 0 Å². The number of anilines is 1. The van der Waals surface area contributed by atoms with E-state index in [1.54, 1.807) is 23.9 Å². The number of thioether (sulfide) groups is 1. The second-order valence-corrected chi connectivity index (χ2v) is 4.40. The van der Waals surface area contributed by atoms with Gasteiger partial charge in [-0.3, -0.25) is 4.79 Å². The minimum atomic E-state index is 0.101. The number of nitrogens with zero attached hydrogens (tertiary/aromatic N) is 2. The molecule has 0 unspecified atom stereocenters. The molecule has 0 atom stereocenters. The Bertz CT molecular complexity index is 384. The third-order valence-corrected chi connectivity index (χ3v) is 3.12. The molecule has 0 aliphatic carbocycles. The lowest BCUT2D eigenvalue weighted by Gasteiger charge is -2.17. The van der Waals surface area contributed by atoms with Crippen molar-refractivity contribution in [2.45, 2.75) is 11.6 Å². The third-order valence-electron chi connectivity index (χ3n) is 2.10. The van der Waals surface area contributed by atoms with Crippen molar-refractivity contribution >= 4 is 17.6 Å². The summed E-state index contributed by atoms with van der Waals surface area (Å²) in [7, 11) is 3.93. The zero-order chi connectivity index (χ0) is 9.42. The molecular weight excluding hydrogens is 184 g/mol. The zero-order valence-electron chi connectivity index (χ0n) is 7.78. The Morgan fingerprint density at radius 1 is 1.46 bits per heavy atom. The molecule has 1 aromatic heterocycles. The van der Waals surface area contributed by atoms with Crippen LogP contribution in [0.1, 0.15) is 0 Å². The summed E-state index contributed by atoms with van der Waals surface area (Å²) < 4.78 is 2.19. The third kappa shape index (κ3) is 1.46. The summed E-state index contributed by atoms with van der Waals surface area (Å²) in [6.45, 7) is 1.01. The molecule has 13 heavy (non-hydrogen) atoms. The van der Waals surface area contributed by atoms with Gasteiger partial charge >= 0.3 is 0 Å². The SMILES string of the molecule is CN(C)c1cc(=O)cc2n1CCS2. The van der Waals surface area contributed by atoms with Crippen molar-refractivity contribution in [2.75, 3.05) is 24.7 Å². The highest BCUT2D eigenvalue weighted by Crippen LogP contribution is 2.28. The molecule has 0 spiro atoms. The lowest BCUT2D eigenvalue weighted by Crippen LogP contribution is -2.19. The predicted octanol–water partition coefficient (Wildman–Crippen LogP) is 1.02. The molecule has 0 radical (unpaired) electrons. The Kier molecular flexibility index (Phi) is 2.07. The molecule has 3 nitrogen and oxygen atoms in total. The standard InChI is InChI=1S/C9H12N2OS/c1-10(2)8-5-7(12)6-9-11(8)3-4-13-9/h5-6H,3-4H2,1-2H3. The highest BCUT2D eigenvalue weighted by molar-refractivity contribution is 7.99. The summed E-state index contributed by atoms with van der Waals surface area (Å²) in [5.41, 5.74) is 0.101. The van der Waals surface area contributed by atoms with Gasteiger partial charge in [-0.1, -0.05) is 0 Å². The fourth-order valence-electron chi connectivity index (χ4n) is 1.52. The molecule has 0 aromatic carbocycles. The van der Waals surface area contributed by atoms with Gasteiger partial charge in [-0.05, 0) is 0 Å². The Hall–Kier alpha value is -0.900. The van der Waals surface area contributed by atoms with Gasteiger partial charge in [0.1, 0.15) is 5.82 Å². The largest absolute Gasteiger partial charge is 0.364 e. The van der Waals surface area contributed by atoms with E-state index in [-0.39, 0.29) is 5.43 Å². The van der Waals surface area contributed by atoms with E-state index in [1.807, 2.05) is 19.0 Å². The van der Waals surface area contributed by atoms with Crippen LogP contribution in [0.2, 0.25) is 0 Å². The molecule has 70 valence electrons. The summed E-state index contributed by atoms with van der Waals surface area (Å²) in [5.74, 6) is 2.08. The molecule has 1 aromatic rings. The fraction of sp³-hybridized carbons (Fsp3) is 0.444. The highest BCUT2D eigenvalue weighted by atomic mass is 32.2. The molecule has 0 saturated heterocycles. The molecule has 0 fully saturated rings. The van der Waals surface area contributed by atoms with E-state index in [4.69, 9.17) is 0 Å². The number of fused-ring (bicyclic) bond motifs is 1. The van der Waals surface area contributed by atoms with Gasteiger partial charge < -0.3 is 9.47 Å².